The fraction of sp³-hybridized carbons (Fsp3) is 0.950. The van der Waals surface area contributed by atoms with Crippen LogP contribution in [0, 0.1) is 0 Å². The van der Waals surface area contributed by atoms with Crippen molar-refractivity contribution in [1.29, 1.82) is 0 Å². The summed E-state index contributed by atoms with van der Waals surface area (Å²) in [6, 6.07) is -0.539. The number of carbonyl (C=O) groups excluding carboxylic acids is 2. The molecule has 0 aliphatic carbocycles. The predicted molar refractivity (Wildman–Crippen MR) is 380 cm³/mol. The van der Waals surface area contributed by atoms with Gasteiger partial charge in [0.2, 0.25) is 5.91 Å². The first kappa shape index (κ1) is 84.6. The van der Waals surface area contributed by atoms with Crippen molar-refractivity contribution in [2.75, 3.05) is 13.2 Å². The van der Waals surface area contributed by atoms with E-state index in [0.717, 1.165) is 38.5 Å². The zero-order chi connectivity index (χ0) is 62.0. The first-order valence-corrected chi connectivity index (χ1v) is 39.9. The first-order chi connectivity index (χ1) is 42.5. The van der Waals surface area contributed by atoms with Gasteiger partial charge in [0.15, 0.2) is 0 Å². The van der Waals surface area contributed by atoms with E-state index in [1.54, 1.807) is 0 Å². The van der Waals surface area contributed by atoms with E-state index in [2.05, 4.69) is 31.3 Å². The fourth-order valence-electron chi connectivity index (χ4n) is 13.0. The van der Waals surface area contributed by atoms with E-state index >= 15 is 0 Å². The van der Waals surface area contributed by atoms with E-state index in [9.17, 15) is 19.8 Å². The Labute approximate surface area is 539 Å². The molecule has 3 N–H and O–H groups in total. The van der Waals surface area contributed by atoms with Crippen LogP contribution in [-0.4, -0.2) is 47.4 Å². The largest absolute Gasteiger partial charge is 0.466 e. The number of aliphatic hydroxyl groups excluding tert-OH is 2. The summed E-state index contributed by atoms with van der Waals surface area (Å²) >= 11 is 0. The molecule has 0 aromatic carbocycles. The van der Waals surface area contributed by atoms with Crippen molar-refractivity contribution in [3.8, 4) is 0 Å². The van der Waals surface area contributed by atoms with Crippen molar-refractivity contribution in [2.24, 2.45) is 0 Å². The number of amides is 1. The summed E-state index contributed by atoms with van der Waals surface area (Å²) in [6.07, 6.45) is 95.9. The second-order valence-electron chi connectivity index (χ2n) is 27.8. The van der Waals surface area contributed by atoms with Gasteiger partial charge in [-0.15, -0.1) is 0 Å². The summed E-state index contributed by atoms with van der Waals surface area (Å²) in [5.74, 6) is -0.00519. The number of rotatable bonds is 76. The van der Waals surface area contributed by atoms with Gasteiger partial charge >= 0.3 is 5.97 Å². The third-order valence-corrected chi connectivity index (χ3v) is 19.1. The quantitative estimate of drug-likeness (QED) is 0.0320. The Kier molecular flexibility index (Phi) is 74.8. The number of carbonyl (C=O) groups is 2. The summed E-state index contributed by atoms with van der Waals surface area (Å²) in [7, 11) is 0. The smallest absolute Gasteiger partial charge is 0.305 e. The van der Waals surface area contributed by atoms with Crippen LogP contribution in [-0.2, 0) is 14.3 Å². The molecule has 0 rings (SSSR count). The SMILES string of the molecule is CCCCCCCC/C=C\CCCCCCCCCCCC(=O)OCCCCCCCCCCCCCCCCCCCCCCCCCCCCCCCC(=O)NC(CO)C(O)CCCCCCCCCCCCCCCCCCCCCCC. The van der Waals surface area contributed by atoms with E-state index in [1.165, 1.54) is 392 Å². The molecule has 0 aliphatic rings. The van der Waals surface area contributed by atoms with Gasteiger partial charge in [-0.2, -0.15) is 0 Å². The maximum atomic E-state index is 12.6. The Balaban J connectivity index is 3.32. The average Bonchev–Trinajstić information content (AvgIpc) is 3.54. The summed E-state index contributed by atoms with van der Waals surface area (Å²) in [5, 5.41) is 23.5. The van der Waals surface area contributed by atoms with Gasteiger partial charge in [0.05, 0.1) is 25.4 Å². The summed E-state index contributed by atoms with van der Waals surface area (Å²) in [4.78, 5) is 24.7. The normalized spacial score (nSPS) is 12.5. The second kappa shape index (κ2) is 76.1. The molecule has 0 spiro atoms. The molecule has 2 atom stereocenters. The van der Waals surface area contributed by atoms with Crippen LogP contribution in [0.1, 0.15) is 463 Å². The fourth-order valence-corrected chi connectivity index (χ4v) is 13.0. The maximum Gasteiger partial charge on any atom is 0.305 e. The van der Waals surface area contributed by atoms with E-state index in [0.29, 0.717) is 25.9 Å². The van der Waals surface area contributed by atoms with Crippen molar-refractivity contribution in [1.82, 2.24) is 5.32 Å². The molecule has 0 aromatic heterocycles. The van der Waals surface area contributed by atoms with Crippen LogP contribution in [0.3, 0.4) is 0 Å². The number of nitrogens with one attached hydrogen (secondary N) is 1. The van der Waals surface area contributed by atoms with E-state index in [-0.39, 0.29) is 18.5 Å². The van der Waals surface area contributed by atoms with Crippen LogP contribution in [0.4, 0.5) is 0 Å². The number of aliphatic hydroxyl groups is 2. The molecule has 0 radical (unpaired) electrons. The van der Waals surface area contributed by atoms with Gasteiger partial charge in [-0.05, 0) is 51.4 Å². The molecule has 0 fully saturated rings. The van der Waals surface area contributed by atoms with Gasteiger partial charge in [0.25, 0.3) is 0 Å². The molecule has 0 saturated heterocycles. The van der Waals surface area contributed by atoms with Gasteiger partial charge in [-0.1, -0.05) is 411 Å². The molecule has 0 saturated carbocycles. The lowest BCUT2D eigenvalue weighted by molar-refractivity contribution is -0.143. The van der Waals surface area contributed by atoms with E-state index in [4.69, 9.17) is 4.74 Å². The first-order valence-electron chi connectivity index (χ1n) is 39.9. The Morgan fingerprint density at radius 2 is 0.547 bits per heavy atom. The second-order valence-corrected chi connectivity index (χ2v) is 27.8. The lowest BCUT2D eigenvalue weighted by atomic mass is 10.0. The van der Waals surface area contributed by atoms with Crippen LogP contribution >= 0.6 is 0 Å². The molecule has 6 nitrogen and oxygen atoms in total. The monoisotopic (exact) mass is 1210 g/mol. The minimum Gasteiger partial charge on any atom is -0.466 e. The van der Waals surface area contributed by atoms with Gasteiger partial charge < -0.3 is 20.3 Å². The van der Waals surface area contributed by atoms with Crippen LogP contribution in [0.15, 0.2) is 12.2 Å². The van der Waals surface area contributed by atoms with E-state index in [1.807, 2.05) is 0 Å². The summed E-state index contributed by atoms with van der Waals surface area (Å²) in [6.45, 7) is 5.01. The zero-order valence-corrected chi connectivity index (χ0v) is 58.8. The Bertz CT molecular complexity index is 1300. The molecule has 0 aliphatic heterocycles. The highest BCUT2D eigenvalue weighted by Gasteiger charge is 2.20. The minimum absolute atomic E-state index is 0.0205. The Morgan fingerprint density at radius 3 is 0.826 bits per heavy atom. The summed E-state index contributed by atoms with van der Waals surface area (Å²) in [5.41, 5.74) is 0. The highest BCUT2D eigenvalue weighted by Crippen LogP contribution is 2.20. The van der Waals surface area contributed by atoms with Crippen molar-refractivity contribution < 1.29 is 24.5 Å². The number of ether oxygens (including phenoxy) is 1. The van der Waals surface area contributed by atoms with Gasteiger partial charge in [-0.25, -0.2) is 0 Å². The molecular formula is C80H157NO5. The maximum absolute atomic E-state index is 12.6. The number of hydrogen-bond donors (Lipinski definition) is 3. The Hall–Kier alpha value is -1.40. The molecule has 6 heteroatoms. The molecule has 512 valence electrons. The van der Waals surface area contributed by atoms with Crippen molar-refractivity contribution in [3.63, 3.8) is 0 Å². The zero-order valence-electron chi connectivity index (χ0n) is 58.8. The van der Waals surface area contributed by atoms with Crippen molar-refractivity contribution >= 4 is 11.9 Å². The summed E-state index contributed by atoms with van der Waals surface area (Å²) < 4.78 is 5.52. The van der Waals surface area contributed by atoms with Gasteiger partial charge in [-0.3, -0.25) is 9.59 Å². The third kappa shape index (κ3) is 71.7. The standard InChI is InChI=1S/C80H157NO5/c1-3-5-7-9-11-13-15-17-19-21-23-33-37-40-44-48-52-56-60-64-68-72-78(83)77(76-82)81-79(84)73-69-65-61-57-53-49-45-41-38-34-31-29-27-25-24-26-28-30-32-35-39-43-47-51-55-59-63-67-71-75-86-80(85)74-70-66-62-58-54-50-46-42-36-22-20-18-16-14-12-10-8-6-4-2/h18,20,77-78,82-83H,3-17,19,21-76H2,1-2H3,(H,81,84)/b20-18-. The molecule has 0 heterocycles. The molecule has 2 unspecified atom stereocenters. The highest BCUT2D eigenvalue weighted by atomic mass is 16.5. The molecular weight excluding hydrogens is 1050 g/mol. The topological polar surface area (TPSA) is 95.9 Å². The molecule has 86 heavy (non-hydrogen) atoms. The van der Waals surface area contributed by atoms with Gasteiger partial charge in [0.1, 0.15) is 0 Å². The van der Waals surface area contributed by atoms with Crippen molar-refractivity contribution in [2.45, 2.75) is 475 Å². The van der Waals surface area contributed by atoms with Gasteiger partial charge in [0, 0.05) is 12.8 Å². The minimum atomic E-state index is -0.662. The number of hydrogen-bond acceptors (Lipinski definition) is 5. The number of allylic oxidation sites excluding steroid dienone is 2. The number of esters is 1. The lowest BCUT2D eigenvalue weighted by Gasteiger charge is -2.22. The molecule has 0 bridgehead atoms. The van der Waals surface area contributed by atoms with Crippen LogP contribution < -0.4 is 5.32 Å². The third-order valence-electron chi connectivity index (χ3n) is 19.1. The molecule has 0 aromatic rings. The lowest BCUT2D eigenvalue weighted by Crippen LogP contribution is -2.45. The predicted octanol–water partition coefficient (Wildman–Crippen LogP) is 26.3. The van der Waals surface area contributed by atoms with Crippen molar-refractivity contribution in [3.05, 3.63) is 12.2 Å². The molecule has 1 amide bonds. The number of unbranched alkanes of at least 4 members (excludes halogenated alkanes) is 63. The van der Waals surface area contributed by atoms with Crippen LogP contribution in [0.5, 0.6) is 0 Å². The van der Waals surface area contributed by atoms with E-state index < -0.39 is 12.1 Å². The van der Waals surface area contributed by atoms with Crippen LogP contribution in [0.25, 0.3) is 0 Å². The highest BCUT2D eigenvalue weighted by molar-refractivity contribution is 5.76. The average molecular weight is 1210 g/mol. The Morgan fingerprint density at radius 1 is 0.314 bits per heavy atom. The van der Waals surface area contributed by atoms with Crippen LogP contribution in [0.2, 0.25) is 0 Å².